The summed E-state index contributed by atoms with van der Waals surface area (Å²) < 4.78 is 2.00. The summed E-state index contributed by atoms with van der Waals surface area (Å²) in [5, 5.41) is 14.1. The van der Waals surface area contributed by atoms with Gasteiger partial charge in [-0.15, -0.1) is 0 Å². The van der Waals surface area contributed by atoms with Gasteiger partial charge in [-0.2, -0.15) is 0 Å². The van der Waals surface area contributed by atoms with E-state index in [0.29, 0.717) is 17.3 Å². The van der Waals surface area contributed by atoms with Crippen molar-refractivity contribution >= 4 is 17.4 Å². The Bertz CT molecular complexity index is 1120. The summed E-state index contributed by atoms with van der Waals surface area (Å²) in [4.78, 5) is 18.3. The smallest absolute Gasteiger partial charge is 0.229 e. The van der Waals surface area contributed by atoms with E-state index in [1.54, 1.807) is 0 Å². The average molecular weight is 464 g/mol. The summed E-state index contributed by atoms with van der Waals surface area (Å²) in [6, 6.07) is 5.95. The minimum absolute atomic E-state index is 0.0738. The number of aromatic nitrogens is 2. The number of hydrogen-bond acceptors (Lipinski definition) is 3. The molecule has 4 saturated carbocycles. The molecule has 5 heteroatoms. The summed E-state index contributed by atoms with van der Waals surface area (Å²) >= 11 is 0. The van der Waals surface area contributed by atoms with Crippen LogP contribution >= 0.6 is 0 Å². The molecule has 4 aliphatic rings. The molecule has 4 fully saturated rings. The zero-order valence-corrected chi connectivity index (χ0v) is 21.3. The fraction of sp³-hybridized carbons (Fsp3) is 0.724. The van der Waals surface area contributed by atoms with E-state index in [0.717, 1.165) is 61.1 Å². The lowest BCUT2D eigenvalue weighted by Crippen LogP contribution is -2.55. The number of rotatable bonds is 2. The first kappa shape index (κ1) is 22.6. The summed E-state index contributed by atoms with van der Waals surface area (Å²) in [5.74, 6) is 3.87. The fourth-order valence-corrected chi connectivity index (χ4v) is 9.33. The van der Waals surface area contributed by atoms with Gasteiger partial charge in [-0.05, 0) is 118 Å². The van der Waals surface area contributed by atoms with E-state index in [-0.39, 0.29) is 17.2 Å². The summed E-state index contributed by atoms with van der Waals surface area (Å²) in [5.41, 5.74) is 1.72. The number of nitrogens with one attached hydrogen (secondary N) is 1. The van der Waals surface area contributed by atoms with Crippen molar-refractivity contribution in [3.8, 4) is 0 Å². The fourth-order valence-electron chi connectivity index (χ4n) is 9.33. The molecule has 2 heterocycles. The highest BCUT2D eigenvalue weighted by molar-refractivity contribution is 5.93. The van der Waals surface area contributed by atoms with Gasteiger partial charge >= 0.3 is 0 Å². The first-order valence-corrected chi connectivity index (χ1v) is 13.6. The van der Waals surface area contributed by atoms with Crippen molar-refractivity contribution in [2.24, 2.45) is 40.4 Å². The Kier molecular flexibility index (Phi) is 5.02. The molecule has 34 heavy (non-hydrogen) atoms. The number of carbonyl (C=O) groups excluding carboxylic acids is 1. The van der Waals surface area contributed by atoms with Gasteiger partial charge in [-0.25, -0.2) is 4.98 Å². The van der Waals surface area contributed by atoms with E-state index in [4.69, 9.17) is 0 Å². The highest BCUT2D eigenvalue weighted by Gasteiger charge is 2.61. The molecule has 0 aliphatic heterocycles. The molecule has 5 nitrogen and oxygen atoms in total. The molecule has 0 saturated heterocycles. The summed E-state index contributed by atoms with van der Waals surface area (Å²) in [6.45, 7) is 8.99. The Labute approximate surface area is 203 Å². The molecular weight excluding hydrogens is 422 g/mol. The molecular formula is C29H41N3O2. The third-order valence-electron chi connectivity index (χ3n) is 11.2. The van der Waals surface area contributed by atoms with E-state index >= 15 is 0 Å². The SMILES string of the molecule is Cc1nc2ccccn2c1NC(=O)[C@H]1CC[C@H]2[C@@H]3CC[C@@H]4C[C@](C)(O)CC[C@]4(C)[C@H]3CC[C@]12C. The Hall–Kier alpha value is -1.88. The highest BCUT2D eigenvalue weighted by atomic mass is 16.3. The van der Waals surface area contributed by atoms with Crippen molar-refractivity contribution < 1.29 is 9.90 Å². The number of carbonyl (C=O) groups is 1. The van der Waals surface area contributed by atoms with Crippen LogP contribution < -0.4 is 5.32 Å². The number of hydrogen-bond donors (Lipinski definition) is 2. The van der Waals surface area contributed by atoms with E-state index < -0.39 is 5.60 Å². The van der Waals surface area contributed by atoms with Crippen molar-refractivity contribution in [2.45, 2.75) is 91.1 Å². The lowest BCUT2D eigenvalue weighted by molar-refractivity contribution is -0.149. The van der Waals surface area contributed by atoms with Crippen LogP contribution in [0.5, 0.6) is 0 Å². The van der Waals surface area contributed by atoms with Crippen LogP contribution in [-0.4, -0.2) is 26.0 Å². The second kappa shape index (κ2) is 7.56. The van der Waals surface area contributed by atoms with E-state index in [1.165, 1.54) is 25.7 Å². The molecule has 0 spiro atoms. The number of anilines is 1. The van der Waals surface area contributed by atoms with Crippen molar-refractivity contribution in [2.75, 3.05) is 5.32 Å². The highest BCUT2D eigenvalue weighted by Crippen LogP contribution is 2.68. The average Bonchev–Trinajstić information content (AvgIpc) is 3.30. The number of amides is 1. The van der Waals surface area contributed by atoms with Crippen LogP contribution in [0.1, 0.15) is 84.3 Å². The molecule has 0 unspecified atom stereocenters. The molecule has 0 radical (unpaired) electrons. The molecule has 0 bridgehead atoms. The predicted molar refractivity (Wildman–Crippen MR) is 134 cm³/mol. The molecule has 0 aromatic carbocycles. The third kappa shape index (κ3) is 3.22. The lowest BCUT2D eigenvalue weighted by atomic mass is 9.44. The maximum atomic E-state index is 13.7. The molecule has 4 aliphatic carbocycles. The lowest BCUT2D eigenvalue weighted by Gasteiger charge is -2.61. The van der Waals surface area contributed by atoms with Gasteiger partial charge in [-0.1, -0.05) is 19.9 Å². The number of pyridine rings is 1. The zero-order chi connectivity index (χ0) is 23.9. The molecule has 184 valence electrons. The van der Waals surface area contributed by atoms with Crippen LogP contribution in [0.15, 0.2) is 24.4 Å². The van der Waals surface area contributed by atoms with Crippen molar-refractivity contribution in [3.63, 3.8) is 0 Å². The normalized spacial score (nSPS) is 43.7. The van der Waals surface area contributed by atoms with Gasteiger partial charge < -0.3 is 10.4 Å². The van der Waals surface area contributed by atoms with Gasteiger partial charge in [0.05, 0.1) is 11.3 Å². The minimum atomic E-state index is -0.479. The van der Waals surface area contributed by atoms with Crippen molar-refractivity contribution in [1.82, 2.24) is 9.38 Å². The maximum Gasteiger partial charge on any atom is 0.229 e. The number of aliphatic hydroxyl groups is 1. The zero-order valence-electron chi connectivity index (χ0n) is 21.3. The van der Waals surface area contributed by atoms with E-state index in [1.807, 2.05) is 42.6 Å². The largest absolute Gasteiger partial charge is 0.390 e. The van der Waals surface area contributed by atoms with Crippen LogP contribution in [0.2, 0.25) is 0 Å². The quantitative estimate of drug-likeness (QED) is 0.575. The molecule has 1 amide bonds. The van der Waals surface area contributed by atoms with Crippen LogP contribution in [0, 0.1) is 47.3 Å². The summed E-state index contributed by atoms with van der Waals surface area (Å²) in [7, 11) is 0. The topological polar surface area (TPSA) is 66.6 Å². The number of nitrogens with zero attached hydrogens (tertiary/aromatic N) is 2. The minimum Gasteiger partial charge on any atom is -0.390 e. The molecule has 2 N–H and O–H groups in total. The predicted octanol–water partition coefficient (Wildman–Crippen LogP) is 5.99. The number of fused-ring (bicyclic) bond motifs is 6. The second-order valence-corrected chi connectivity index (χ2v) is 13.0. The van der Waals surface area contributed by atoms with Crippen LogP contribution in [0.4, 0.5) is 5.82 Å². The standard InChI is InChI=1S/C29H41N3O2/c1-18-25(32-16-6-5-7-24(32)30-18)31-26(33)23-11-10-21-20-9-8-19-17-27(2,34)14-15-28(19,3)22(20)12-13-29(21,23)4/h5-7,16,19-23,34H,8-15,17H2,1-4H3,(H,31,33)/t19-,20+,21+,22+,23-,27-,28+,29+/m1/s1. The third-order valence-corrected chi connectivity index (χ3v) is 11.2. The summed E-state index contributed by atoms with van der Waals surface area (Å²) in [6.07, 6.45) is 12.2. The molecule has 2 aromatic heterocycles. The van der Waals surface area contributed by atoms with E-state index in [2.05, 4.69) is 24.1 Å². The number of imidazole rings is 1. The molecule has 6 rings (SSSR count). The number of aryl methyl sites for hydroxylation is 1. The van der Waals surface area contributed by atoms with Gasteiger partial charge in [0.1, 0.15) is 11.5 Å². The van der Waals surface area contributed by atoms with Crippen LogP contribution in [0.3, 0.4) is 0 Å². The second-order valence-electron chi connectivity index (χ2n) is 13.0. The van der Waals surface area contributed by atoms with Gasteiger partial charge in [0.25, 0.3) is 0 Å². The van der Waals surface area contributed by atoms with Gasteiger partial charge in [0, 0.05) is 12.1 Å². The molecule has 2 aromatic rings. The van der Waals surface area contributed by atoms with Gasteiger partial charge in [0.2, 0.25) is 5.91 Å². The Morgan fingerprint density at radius 3 is 2.65 bits per heavy atom. The maximum absolute atomic E-state index is 13.7. The van der Waals surface area contributed by atoms with Crippen molar-refractivity contribution in [1.29, 1.82) is 0 Å². The van der Waals surface area contributed by atoms with Crippen LogP contribution in [0.25, 0.3) is 5.65 Å². The van der Waals surface area contributed by atoms with Gasteiger partial charge in [0.15, 0.2) is 0 Å². The monoisotopic (exact) mass is 463 g/mol. The Balaban J connectivity index is 1.23. The van der Waals surface area contributed by atoms with Gasteiger partial charge in [-0.3, -0.25) is 9.20 Å². The van der Waals surface area contributed by atoms with Crippen LogP contribution in [-0.2, 0) is 4.79 Å². The Morgan fingerprint density at radius 1 is 1.03 bits per heavy atom. The van der Waals surface area contributed by atoms with E-state index in [9.17, 15) is 9.90 Å². The Morgan fingerprint density at radius 2 is 1.82 bits per heavy atom. The molecule has 8 atom stereocenters. The van der Waals surface area contributed by atoms with Crippen molar-refractivity contribution in [3.05, 3.63) is 30.1 Å². The first-order valence-electron chi connectivity index (χ1n) is 13.6. The first-order chi connectivity index (χ1) is 16.1.